The normalized spacial score (nSPS) is 14.6. The minimum atomic E-state index is -3.99. The maximum absolute atomic E-state index is 10.7. The molecule has 5 nitrogen and oxygen atoms in total. The molecule has 11 heavy (non-hydrogen) atoms. The first-order valence-electron chi connectivity index (χ1n) is 2.55. The molecule has 0 heterocycles. The van der Waals surface area contributed by atoms with Crippen LogP contribution in [-0.4, -0.2) is 30.6 Å². The molecule has 0 rings (SSSR count). The zero-order valence-electron chi connectivity index (χ0n) is 5.68. The molecule has 0 saturated carbocycles. The van der Waals surface area contributed by atoms with Crippen LogP contribution in [-0.2, 0) is 27.3 Å². The second-order valence-electron chi connectivity index (χ2n) is 1.59. The van der Waals surface area contributed by atoms with Gasteiger partial charge >= 0.3 is 5.97 Å². The highest BCUT2D eigenvalue weighted by Gasteiger charge is 2.07. The fourth-order valence-electron chi connectivity index (χ4n) is 0.356. The molecule has 0 saturated heterocycles. The van der Waals surface area contributed by atoms with Gasteiger partial charge in [0.2, 0.25) is 0 Å². The zero-order valence-corrected chi connectivity index (χ0v) is 7.31. The molecule has 0 radical (unpaired) electrons. The van der Waals surface area contributed by atoms with E-state index in [-0.39, 0.29) is 0 Å². The number of carbonyl (C=O) groups is 1. The van der Waals surface area contributed by atoms with Crippen LogP contribution in [0.3, 0.4) is 0 Å². The Morgan fingerprint density at radius 2 is 2.09 bits per heavy atom. The van der Waals surface area contributed by atoms with Gasteiger partial charge in [0.25, 0.3) is 0 Å². The second kappa shape index (κ2) is 3.72. The molecule has 1 N–H and O–H groups in total. The van der Waals surface area contributed by atoms with Gasteiger partial charge in [-0.1, -0.05) is 6.92 Å². The molecule has 0 bridgehead atoms. The predicted molar refractivity (Wildman–Crippen MR) is 41.2 cm³/mol. The third-order valence-corrected chi connectivity index (χ3v) is 4.66. The van der Waals surface area contributed by atoms with E-state index in [1.165, 1.54) is 6.92 Å². The Morgan fingerprint density at radius 3 is 2.36 bits per heavy atom. The lowest BCUT2D eigenvalue weighted by molar-refractivity contribution is -0.134. The van der Waals surface area contributed by atoms with Crippen LogP contribution < -0.4 is 0 Å². The lowest BCUT2D eigenvalue weighted by Gasteiger charge is -2.01. The Bertz CT molecular complexity index is 318. The van der Waals surface area contributed by atoms with Crippen LogP contribution in [0.1, 0.15) is 6.92 Å². The van der Waals surface area contributed by atoms with E-state index in [1.54, 1.807) is 0 Å². The van der Waals surface area contributed by atoms with Crippen LogP contribution in [0.15, 0.2) is 0 Å². The predicted octanol–water partition coefficient (Wildman–Crippen LogP) is -0.813. The van der Waals surface area contributed by atoms with Gasteiger partial charge in [0.05, 0.1) is 0 Å². The van der Waals surface area contributed by atoms with Crippen molar-refractivity contribution in [2.24, 2.45) is 0 Å². The first-order chi connectivity index (χ1) is 4.90. The molecule has 0 aliphatic carbocycles. The molecule has 0 fully saturated rings. The van der Waals surface area contributed by atoms with E-state index in [4.69, 9.17) is 5.11 Å². The van der Waals surface area contributed by atoms with Crippen LogP contribution in [0.4, 0.5) is 0 Å². The van der Waals surface area contributed by atoms with Crippen molar-refractivity contribution in [2.45, 2.75) is 6.92 Å². The molecule has 0 aromatic heterocycles. The fraction of sp³-hybridized carbons (Fsp3) is 0.500. The number of aliphatic carboxylic acids is 1. The molecule has 66 valence electrons. The third-order valence-electron chi connectivity index (χ3n) is 0.743. The van der Waals surface area contributed by atoms with E-state index >= 15 is 0 Å². The first-order valence-corrected chi connectivity index (χ1v) is 5.93. The van der Waals surface area contributed by atoms with E-state index in [0.29, 0.717) is 0 Å². The summed E-state index contributed by atoms with van der Waals surface area (Å²) in [5.41, 5.74) is 0. The lowest BCUT2D eigenvalue weighted by atomic mass is 10.8. The minimum Gasteiger partial charge on any atom is -0.481 e. The van der Waals surface area contributed by atoms with Gasteiger partial charge in [0.1, 0.15) is 14.6 Å². The number of carboxylic acid groups (broad SMARTS) is 1. The van der Waals surface area contributed by atoms with Gasteiger partial charge < -0.3 is 9.32 Å². The average Bonchev–Trinajstić information content (AvgIpc) is 1.83. The van der Waals surface area contributed by atoms with Crippen molar-refractivity contribution in [1.82, 2.24) is 0 Å². The highest BCUT2D eigenvalue weighted by atomic mass is 33.1. The largest absolute Gasteiger partial charge is 0.481 e. The Morgan fingerprint density at radius 1 is 1.64 bits per heavy atom. The van der Waals surface area contributed by atoms with Crippen molar-refractivity contribution in [3.63, 3.8) is 0 Å². The van der Waals surface area contributed by atoms with E-state index in [9.17, 15) is 17.4 Å². The van der Waals surface area contributed by atoms with Gasteiger partial charge in [0.15, 0.2) is 0 Å². The molecule has 0 unspecified atom stereocenters. The van der Waals surface area contributed by atoms with Crippen molar-refractivity contribution < 1.29 is 22.5 Å². The summed E-state index contributed by atoms with van der Waals surface area (Å²) in [6.07, 6.45) is 0. The topological polar surface area (TPSA) is 88.5 Å². The summed E-state index contributed by atoms with van der Waals surface area (Å²) in [6.45, 7) is 1.29. The Labute approximate surface area is 65.4 Å². The molecule has 0 aromatic rings. The Balaban J connectivity index is 4.79. The molecule has 0 aliphatic heterocycles. The van der Waals surface area contributed by atoms with Crippen LogP contribution in [0.5, 0.6) is 0 Å². The van der Waals surface area contributed by atoms with Crippen molar-refractivity contribution in [1.29, 1.82) is 0 Å². The van der Waals surface area contributed by atoms with Crippen molar-refractivity contribution in [2.75, 3.05) is 5.75 Å². The first kappa shape index (κ1) is 10.4. The molecule has 0 amide bonds. The molecular weight excluding hydrogens is 192 g/mol. The maximum Gasteiger partial charge on any atom is 0.316 e. The fourth-order valence-corrected chi connectivity index (χ4v) is 2.60. The molecule has 0 atom stereocenters. The monoisotopic (exact) mass is 199 g/mol. The van der Waals surface area contributed by atoms with Crippen LogP contribution in [0.25, 0.3) is 0 Å². The van der Waals surface area contributed by atoms with Crippen LogP contribution in [0, 0.1) is 0 Å². The van der Waals surface area contributed by atoms with Crippen LogP contribution >= 0.6 is 0 Å². The number of carboxylic acids is 1. The summed E-state index contributed by atoms with van der Waals surface area (Å²) in [7, 11) is -6.18. The van der Waals surface area contributed by atoms with Gasteiger partial charge in [-0.3, -0.25) is 4.79 Å². The summed E-state index contributed by atoms with van der Waals surface area (Å²) in [4.78, 5) is 9.91. The number of hydrogen-bond donors (Lipinski definition) is 1. The van der Waals surface area contributed by atoms with Crippen molar-refractivity contribution >= 4 is 29.6 Å². The maximum atomic E-state index is 10.7. The molecular formula is C4H7O5S2-. The molecule has 0 aromatic carbocycles. The van der Waals surface area contributed by atoms with Gasteiger partial charge in [-0.2, -0.15) is 14.8 Å². The van der Waals surface area contributed by atoms with Crippen molar-refractivity contribution in [3.05, 3.63) is 0 Å². The van der Waals surface area contributed by atoms with E-state index in [1.807, 2.05) is 0 Å². The summed E-state index contributed by atoms with van der Waals surface area (Å²) < 4.78 is 31.9. The highest BCUT2D eigenvalue weighted by Crippen LogP contribution is 1.90. The summed E-state index contributed by atoms with van der Waals surface area (Å²) in [5.74, 6) is -2.59. The second-order valence-corrected chi connectivity index (χ2v) is 6.50. The summed E-state index contributed by atoms with van der Waals surface area (Å²) in [6, 6.07) is 0. The zero-order chi connectivity index (χ0) is 9.07. The SMILES string of the molecule is C/C=[S-](=O)/S(=O)(=O)CC(=O)O. The number of rotatable bonds is 3. The quantitative estimate of drug-likeness (QED) is 0.364. The van der Waals surface area contributed by atoms with Gasteiger partial charge in [-0.15, -0.1) is 0 Å². The standard InChI is InChI=1S/C4H7O5S2/c1-2-10(7)11(8,9)3-4(5)6/h2H,3H2,1H3,(H,5,6)/q-1. The third kappa shape index (κ3) is 3.38. The highest BCUT2D eigenvalue weighted by molar-refractivity contribution is 8.62. The molecule has 0 spiro atoms. The van der Waals surface area contributed by atoms with Crippen LogP contribution in [0.2, 0.25) is 0 Å². The van der Waals surface area contributed by atoms with Gasteiger partial charge in [0, 0.05) is 0 Å². The van der Waals surface area contributed by atoms with Gasteiger partial charge in [-0.05, 0) is 0 Å². The van der Waals surface area contributed by atoms with Gasteiger partial charge in [-0.25, -0.2) is 8.42 Å². The lowest BCUT2D eigenvalue weighted by Crippen LogP contribution is -2.15. The summed E-state index contributed by atoms with van der Waals surface area (Å²) >= 11 is 0. The average molecular weight is 199 g/mol. The number of hydrogen-bond acceptors (Lipinski definition) is 5. The van der Waals surface area contributed by atoms with E-state index < -0.39 is 30.0 Å². The smallest absolute Gasteiger partial charge is 0.316 e. The Kier molecular flexibility index (Phi) is 3.53. The van der Waals surface area contributed by atoms with E-state index in [0.717, 1.165) is 5.37 Å². The van der Waals surface area contributed by atoms with Crippen molar-refractivity contribution in [3.8, 4) is 0 Å². The summed E-state index contributed by atoms with van der Waals surface area (Å²) in [5, 5.41) is 8.99. The Hall–Kier alpha value is -0.560. The van der Waals surface area contributed by atoms with E-state index in [2.05, 4.69) is 0 Å². The molecule has 7 heteroatoms. The molecule has 0 aliphatic rings. The minimum absolute atomic E-state index is 0.929.